The van der Waals surface area contributed by atoms with Crippen molar-refractivity contribution >= 4 is 23.2 Å². The van der Waals surface area contributed by atoms with Gasteiger partial charge in [-0.3, -0.25) is 4.79 Å². The minimum absolute atomic E-state index is 0.185. The van der Waals surface area contributed by atoms with Gasteiger partial charge in [0.2, 0.25) is 5.91 Å². The lowest BCUT2D eigenvalue weighted by atomic mass is 9.90. The van der Waals surface area contributed by atoms with Crippen molar-refractivity contribution in [2.75, 3.05) is 11.9 Å². The predicted molar refractivity (Wildman–Crippen MR) is 96.0 cm³/mol. The first-order valence-corrected chi connectivity index (χ1v) is 8.56. The lowest BCUT2D eigenvalue weighted by Gasteiger charge is -2.25. The highest BCUT2D eigenvalue weighted by atomic mass is 35.5. The van der Waals surface area contributed by atoms with Crippen LogP contribution in [-0.4, -0.2) is 13.0 Å². The summed E-state index contributed by atoms with van der Waals surface area (Å²) in [6.07, 6.45) is 3.15. The molecule has 1 saturated carbocycles. The number of benzene rings is 2. The molecule has 2 aromatic carbocycles. The van der Waals surface area contributed by atoms with E-state index in [-0.39, 0.29) is 11.3 Å². The molecule has 1 amide bonds. The fourth-order valence-electron chi connectivity index (χ4n) is 3.58. The summed E-state index contributed by atoms with van der Waals surface area (Å²) in [5, 5.41) is 0.683. The molecule has 3 rings (SSSR count). The van der Waals surface area contributed by atoms with Crippen molar-refractivity contribution in [3.05, 3.63) is 65.2 Å². The van der Waals surface area contributed by atoms with Gasteiger partial charge in [-0.2, -0.15) is 0 Å². The second kappa shape index (κ2) is 6.37. The molecule has 0 aliphatic heterocycles. The molecule has 120 valence electrons. The molecule has 1 fully saturated rings. The van der Waals surface area contributed by atoms with Crippen molar-refractivity contribution in [1.82, 2.24) is 0 Å². The van der Waals surface area contributed by atoms with E-state index in [1.807, 2.05) is 49.5 Å². The monoisotopic (exact) mass is 327 g/mol. The molecule has 2 unspecified atom stereocenters. The maximum Gasteiger partial charge on any atom is 0.237 e. The van der Waals surface area contributed by atoms with Crippen LogP contribution in [0.4, 0.5) is 5.69 Å². The van der Waals surface area contributed by atoms with E-state index in [1.165, 1.54) is 0 Å². The Morgan fingerprint density at radius 3 is 2.43 bits per heavy atom. The van der Waals surface area contributed by atoms with Crippen LogP contribution in [0, 0.1) is 5.92 Å². The lowest BCUT2D eigenvalue weighted by Crippen LogP contribution is -2.38. The van der Waals surface area contributed by atoms with E-state index in [0.29, 0.717) is 10.9 Å². The number of hydrogen-bond donors (Lipinski definition) is 0. The predicted octanol–water partition coefficient (Wildman–Crippen LogP) is 5.06. The third-order valence-corrected chi connectivity index (χ3v) is 5.18. The van der Waals surface area contributed by atoms with E-state index in [0.717, 1.165) is 30.5 Å². The summed E-state index contributed by atoms with van der Waals surface area (Å²) < 4.78 is 0. The number of carbonyl (C=O) groups excluding carboxylic acids is 1. The smallest absolute Gasteiger partial charge is 0.237 e. The van der Waals surface area contributed by atoms with Crippen molar-refractivity contribution in [3.8, 4) is 0 Å². The van der Waals surface area contributed by atoms with Crippen LogP contribution in [0.1, 0.15) is 31.7 Å². The van der Waals surface area contributed by atoms with Gasteiger partial charge in [0.05, 0.1) is 5.41 Å². The first kappa shape index (κ1) is 16.1. The van der Waals surface area contributed by atoms with E-state index >= 15 is 0 Å². The largest absolute Gasteiger partial charge is 0.315 e. The third kappa shape index (κ3) is 2.88. The minimum atomic E-state index is -0.355. The number of halogens is 1. The van der Waals surface area contributed by atoms with Gasteiger partial charge in [0, 0.05) is 17.8 Å². The molecule has 0 bridgehead atoms. The van der Waals surface area contributed by atoms with Crippen molar-refractivity contribution in [1.29, 1.82) is 0 Å². The van der Waals surface area contributed by atoms with Crippen LogP contribution >= 0.6 is 11.6 Å². The normalized spacial score (nSPS) is 22.7. The van der Waals surface area contributed by atoms with Crippen molar-refractivity contribution in [2.24, 2.45) is 5.92 Å². The van der Waals surface area contributed by atoms with Gasteiger partial charge in [-0.25, -0.2) is 0 Å². The van der Waals surface area contributed by atoms with Crippen molar-refractivity contribution < 1.29 is 4.79 Å². The first-order valence-electron chi connectivity index (χ1n) is 8.19. The maximum atomic E-state index is 13.3. The summed E-state index contributed by atoms with van der Waals surface area (Å²) in [5.41, 5.74) is 1.67. The van der Waals surface area contributed by atoms with Gasteiger partial charge >= 0.3 is 0 Å². The van der Waals surface area contributed by atoms with Crippen LogP contribution in [0.2, 0.25) is 5.02 Å². The first-order chi connectivity index (χ1) is 11.1. The molecular formula is C20H22ClNO. The minimum Gasteiger partial charge on any atom is -0.315 e. The highest BCUT2D eigenvalue weighted by Crippen LogP contribution is 2.57. The van der Waals surface area contributed by atoms with Crippen LogP contribution in [0.25, 0.3) is 0 Å². The number of rotatable bonds is 5. The molecule has 2 nitrogen and oxygen atoms in total. The Morgan fingerprint density at radius 1 is 1.17 bits per heavy atom. The quantitative estimate of drug-likeness (QED) is 0.751. The molecule has 0 N–H and O–H groups in total. The van der Waals surface area contributed by atoms with Gasteiger partial charge in [0.15, 0.2) is 0 Å². The van der Waals surface area contributed by atoms with Gasteiger partial charge in [-0.05, 0) is 48.6 Å². The van der Waals surface area contributed by atoms with E-state index in [4.69, 9.17) is 11.6 Å². The van der Waals surface area contributed by atoms with Crippen LogP contribution in [-0.2, 0) is 10.2 Å². The Hall–Kier alpha value is -1.80. The zero-order chi connectivity index (χ0) is 16.4. The highest BCUT2D eigenvalue weighted by molar-refractivity contribution is 6.30. The molecule has 2 aromatic rings. The summed E-state index contributed by atoms with van der Waals surface area (Å²) >= 11 is 5.96. The van der Waals surface area contributed by atoms with Crippen molar-refractivity contribution in [2.45, 2.75) is 31.6 Å². The Bertz CT molecular complexity index is 683. The van der Waals surface area contributed by atoms with Crippen LogP contribution in [0.5, 0.6) is 0 Å². The topological polar surface area (TPSA) is 20.3 Å². The summed E-state index contributed by atoms with van der Waals surface area (Å²) in [6, 6.07) is 17.7. The number of hydrogen-bond acceptors (Lipinski definition) is 1. The van der Waals surface area contributed by atoms with Crippen LogP contribution < -0.4 is 4.90 Å². The Labute approximate surface area is 143 Å². The van der Waals surface area contributed by atoms with E-state index in [2.05, 4.69) is 19.1 Å². The molecule has 0 saturated heterocycles. The summed E-state index contributed by atoms with van der Waals surface area (Å²) in [7, 11) is 1.86. The third-order valence-electron chi connectivity index (χ3n) is 4.93. The average molecular weight is 328 g/mol. The summed E-state index contributed by atoms with van der Waals surface area (Å²) in [5.74, 6) is 0.627. The SMILES string of the molecule is CCCC1CC1(C(=O)N(C)c1ccc(Cl)cc1)c1ccccc1. The molecule has 2 atom stereocenters. The molecule has 0 heterocycles. The maximum absolute atomic E-state index is 13.3. The average Bonchev–Trinajstić information content (AvgIpc) is 3.30. The number of anilines is 1. The zero-order valence-corrected chi connectivity index (χ0v) is 14.4. The Morgan fingerprint density at radius 2 is 1.83 bits per heavy atom. The number of carbonyl (C=O) groups is 1. The van der Waals surface area contributed by atoms with Crippen molar-refractivity contribution in [3.63, 3.8) is 0 Å². The number of amides is 1. The van der Waals surface area contributed by atoms with Gasteiger partial charge in [-0.15, -0.1) is 0 Å². The van der Waals surface area contributed by atoms with E-state index in [9.17, 15) is 4.79 Å². The van der Waals surface area contributed by atoms with Gasteiger partial charge in [-0.1, -0.05) is 55.3 Å². The zero-order valence-electron chi connectivity index (χ0n) is 13.6. The molecule has 0 aromatic heterocycles. The molecule has 1 aliphatic rings. The lowest BCUT2D eigenvalue weighted by molar-refractivity contribution is -0.121. The van der Waals surface area contributed by atoms with Gasteiger partial charge < -0.3 is 4.90 Å². The Balaban J connectivity index is 1.92. The summed E-state index contributed by atoms with van der Waals surface area (Å²) in [4.78, 5) is 15.1. The molecule has 0 radical (unpaired) electrons. The van der Waals surface area contributed by atoms with E-state index in [1.54, 1.807) is 4.90 Å². The molecular weight excluding hydrogens is 306 g/mol. The second-order valence-corrected chi connectivity index (χ2v) is 6.80. The summed E-state index contributed by atoms with van der Waals surface area (Å²) in [6.45, 7) is 2.18. The fourth-order valence-corrected chi connectivity index (χ4v) is 3.71. The molecule has 1 aliphatic carbocycles. The Kier molecular flexibility index (Phi) is 4.45. The number of likely N-dealkylation sites (N-methyl/N-ethyl adjacent to an activating group) is 1. The van der Waals surface area contributed by atoms with Gasteiger partial charge in [0.25, 0.3) is 0 Å². The fraction of sp³-hybridized carbons (Fsp3) is 0.350. The number of nitrogens with zero attached hydrogens (tertiary/aromatic N) is 1. The molecule has 3 heteroatoms. The highest BCUT2D eigenvalue weighted by Gasteiger charge is 2.61. The second-order valence-electron chi connectivity index (χ2n) is 6.37. The molecule has 23 heavy (non-hydrogen) atoms. The standard InChI is InChI=1S/C20H22ClNO/c1-3-7-16-14-20(16,15-8-5-4-6-9-15)19(23)22(2)18-12-10-17(21)11-13-18/h4-6,8-13,16H,3,7,14H2,1-2H3. The van der Waals surface area contributed by atoms with Gasteiger partial charge in [0.1, 0.15) is 0 Å². The van der Waals surface area contributed by atoms with E-state index < -0.39 is 0 Å². The molecule has 0 spiro atoms. The van der Waals surface area contributed by atoms with Crippen LogP contribution in [0.3, 0.4) is 0 Å². The van der Waals surface area contributed by atoms with Crippen LogP contribution in [0.15, 0.2) is 54.6 Å².